The maximum Gasteiger partial charge on any atom is 0.175 e. The molecule has 0 aromatic heterocycles. The molecule has 0 amide bonds. The lowest BCUT2D eigenvalue weighted by atomic mass is 10.1. The van der Waals surface area contributed by atoms with Crippen LogP contribution < -0.4 is 4.94 Å². The third-order valence-corrected chi connectivity index (χ3v) is 1.67. The van der Waals surface area contributed by atoms with Crippen LogP contribution in [-0.4, -0.2) is 0 Å². The van der Waals surface area contributed by atoms with Gasteiger partial charge in [-0.1, -0.05) is 0 Å². The summed E-state index contributed by atoms with van der Waals surface area (Å²) in [7, 11) is 0. The minimum absolute atomic E-state index is 0.0920. The summed E-state index contributed by atoms with van der Waals surface area (Å²) in [6.45, 7) is 3.33. The molecule has 0 N–H and O–H groups in total. The first-order valence-electron chi connectivity index (χ1n) is 3.20. The van der Waals surface area contributed by atoms with Gasteiger partial charge >= 0.3 is 0 Å². The van der Waals surface area contributed by atoms with Gasteiger partial charge in [-0.2, -0.15) is 0 Å². The Morgan fingerprint density at radius 2 is 1.91 bits per heavy atom. The average molecular weight is 158 g/mol. The molecule has 0 unspecified atom stereocenters. The molecule has 0 aliphatic carbocycles. The van der Waals surface area contributed by atoms with Crippen LogP contribution in [0.1, 0.15) is 11.1 Å². The quantitative estimate of drug-likeness (QED) is 0.610. The van der Waals surface area contributed by atoms with Gasteiger partial charge < -0.3 is 0 Å². The number of hydrogen-bond acceptors (Lipinski definition) is 1. The summed E-state index contributed by atoms with van der Waals surface area (Å²) in [5, 5.41) is 0. The first kappa shape index (κ1) is 7.98. The van der Waals surface area contributed by atoms with Crippen LogP contribution in [0, 0.1) is 19.7 Å². The fraction of sp³-hybridized carbons (Fsp3) is 0.250. The van der Waals surface area contributed by atoms with Crippen molar-refractivity contribution in [2.75, 3.05) is 0 Å². The fourth-order valence-electron chi connectivity index (χ4n) is 0.829. The van der Waals surface area contributed by atoms with Gasteiger partial charge in [0.05, 0.1) is 0 Å². The third kappa shape index (κ3) is 1.48. The second-order valence-corrected chi connectivity index (χ2v) is 2.42. The fourth-order valence-corrected chi connectivity index (χ4v) is 0.829. The number of aryl methyl sites for hydroxylation is 1. The van der Waals surface area contributed by atoms with Crippen molar-refractivity contribution in [2.45, 2.75) is 13.8 Å². The third-order valence-electron chi connectivity index (χ3n) is 1.67. The van der Waals surface area contributed by atoms with Crippen molar-refractivity contribution in [2.24, 2.45) is 0 Å². The summed E-state index contributed by atoms with van der Waals surface area (Å²) < 4.78 is 24.3. The minimum Gasteiger partial charge on any atom is -0.294 e. The lowest BCUT2D eigenvalue weighted by Crippen LogP contribution is -1.88. The summed E-state index contributed by atoms with van der Waals surface area (Å²) in [6, 6.07) is 2.46. The molecule has 0 aliphatic heterocycles. The predicted octanol–water partition coefficient (Wildman–Crippen LogP) is 2.71. The zero-order chi connectivity index (χ0) is 8.43. The molecule has 0 bridgehead atoms. The molecule has 0 heterocycles. The molecule has 11 heavy (non-hydrogen) atoms. The second-order valence-electron chi connectivity index (χ2n) is 2.42. The van der Waals surface area contributed by atoms with Gasteiger partial charge in [0.25, 0.3) is 0 Å². The Labute approximate surface area is 63.5 Å². The van der Waals surface area contributed by atoms with Crippen molar-refractivity contribution in [3.63, 3.8) is 0 Å². The van der Waals surface area contributed by atoms with E-state index in [-0.39, 0.29) is 5.75 Å². The van der Waals surface area contributed by atoms with Gasteiger partial charge in [-0.15, -0.1) is 0 Å². The Morgan fingerprint density at radius 3 is 2.36 bits per heavy atom. The molecular weight excluding hydrogens is 150 g/mol. The van der Waals surface area contributed by atoms with Crippen molar-refractivity contribution in [3.8, 4) is 5.75 Å². The largest absolute Gasteiger partial charge is 0.294 e. The van der Waals surface area contributed by atoms with Crippen molar-refractivity contribution < 1.29 is 13.9 Å². The zero-order valence-electron chi connectivity index (χ0n) is 6.32. The lowest BCUT2D eigenvalue weighted by molar-refractivity contribution is -0.00663. The highest BCUT2D eigenvalue weighted by Gasteiger charge is 2.04. The van der Waals surface area contributed by atoms with E-state index in [1.165, 1.54) is 6.07 Å². The molecule has 3 heteroatoms. The number of rotatable bonds is 1. The number of benzene rings is 1. The number of hydrogen-bond donors (Lipinski definition) is 0. The molecule has 0 saturated heterocycles. The first-order chi connectivity index (χ1) is 5.15. The Kier molecular flexibility index (Phi) is 2.08. The Bertz CT molecular complexity index is 248. The lowest BCUT2D eigenvalue weighted by Gasteiger charge is -2.01. The first-order valence-corrected chi connectivity index (χ1v) is 3.20. The minimum atomic E-state index is -0.447. The van der Waals surface area contributed by atoms with E-state index in [2.05, 4.69) is 4.94 Å². The molecule has 60 valence electrons. The maximum absolute atomic E-state index is 12.8. The van der Waals surface area contributed by atoms with E-state index in [9.17, 15) is 8.92 Å². The summed E-state index contributed by atoms with van der Waals surface area (Å²) in [4.78, 5) is 3.39. The Balaban J connectivity index is 3.21. The summed E-state index contributed by atoms with van der Waals surface area (Å²) in [6.07, 6.45) is 0. The molecule has 1 rings (SSSR count). The highest BCUT2D eigenvalue weighted by molar-refractivity contribution is 5.34. The monoisotopic (exact) mass is 158 g/mol. The molecule has 1 aromatic carbocycles. The van der Waals surface area contributed by atoms with E-state index >= 15 is 0 Å². The van der Waals surface area contributed by atoms with Crippen LogP contribution in [0.3, 0.4) is 0 Å². The molecular formula is C8H8F2O. The Hall–Kier alpha value is -1.12. The average Bonchev–Trinajstić information content (AvgIpc) is 1.99. The van der Waals surface area contributed by atoms with Gasteiger partial charge in [0.1, 0.15) is 5.82 Å². The summed E-state index contributed by atoms with van der Waals surface area (Å²) in [5.74, 6) is -0.539. The van der Waals surface area contributed by atoms with Crippen molar-refractivity contribution in [3.05, 3.63) is 29.1 Å². The standard InChI is InChI=1S/C8H8F2O/c1-5-3-7(11-10)4-8(9)6(5)2/h3-4H,1-2H3. The zero-order valence-corrected chi connectivity index (χ0v) is 6.32. The van der Waals surface area contributed by atoms with Crippen molar-refractivity contribution in [1.29, 1.82) is 0 Å². The molecule has 0 fully saturated rings. The highest BCUT2D eigenvalue weighted by atomic mass is 19.3. The summed E-state index contributed by atoms with van der Waals surface area (Å²) in [5.41, 5.74) is 1.20. The SMILES string of the molecule is Cc1cc(OF)cc(F)c1C. The highest BCUT2D eigenvalue weighted by Crippen LogP contribution is 2.20. The van der Waals surface area contributed by atoms with Gasteiger partial charge in [0, 0.05) is 10.6 Å². The molecule has 0 spiro atoms. The van der Waals surface area contributed by atoms with Crippen LogP contribution in [0.15, 0.2) is 12.1 Å². The van der Waals surface area contributed by atoms with E-state index in [1.807, 2.05) is 0 Å². The van der Waals surface area contributed by atoms with E-state index in [0.717, 1.165) is 6.07 Å². The predicted molar refractivity (Wildman–Crippen MR) is 37.6 cm³/mol. The molecule has 0 saturated carbocycles. The molecule has 1 nitrogen and oxygen atoms in total. The van der Waals surface area contributed by atoms with Gasteiger partial charge in [0.2, 0.25) is 0 Å². The van der Waals surface area contributed by atoms with Crippen molar-refractivity contribution >= 4 is 0 Å². The smallest absolute Gasteiger partial charge is 0.175 e. The van der Waals surface area contributed by atoms with Crippen LogP contribution in [0.25, 0.3) is 0 Å². The molecule has 0 aliphatic rings. The van der Waals surface area contributed by atoms with Gasteiger partial charge in [-0.3, -0.25) is 4.94 Å². The molecule has 1 aromatic rings. The van der Waals surface area contributed by atoms with Crippen molar-refractivity contribution in [1.82, 2.24) is 0 Å². The van der Waals surface area contributed by atoms with Crippen LogP contribution in [0.2, 0.25) is 0 Å². The van der Waals surface area contributed by atoms with E-state index in [4.69, 9.17) is 0 Å². The Morgan fingerprint density at radius 1 is 1.27 bits per heavy atom. The van der Waals surface area contributed by atoms with Gasteiger partial charge in [-0.25, -0.2) is 4.39 Å². The van der Waals surface area contributed by atoms with E-state index < -0.39 is 5.82 Å². The number of halogens is 2. The topological polar surface area (TPSA) is 9.23 Å². The van der Waals surface area contributed by atoms with Crippen LogP contribution >= 0.6 is 0 Å². The van der Waals surface area contributed by atoms with E-state index in [0.29, 0.717) is 11.1 Å². The van der Waals surface area contributed by atoms with E-state index in [1.54, 1.807) is 13.8 Å². The second kappa shape index (κ2) is 2.86. The van der Waals surface area contributed by atoms with Crippen LogP contribution in [0.5, 0.6) is 5.75 Å². The summed E-state index contributed by atoms with van der Waals surface area (Å²) >= 11 is 0. The van der Waals surface area contributed by atoms with Crippen LogP contribution in [0.4, 0.5) is 8.92 Å². The van der Waals surface area contributed by atoms with Gasteiger partial charge in [0.15, 0.2) is 5.75 Å². The van der Waals surface area contributed by atoms with Crippen LogP contribution in [-0.2, 0) is 0 Å². The normalized spacial score (nSPS) is 9.82. The maximum atomic E-state index is 12.8. The molecule has 0 atom stereocenters. The molecule has 0 radical (unpaired) electrons. The van der Waals surface area contributed by atoms with Gasteiger partial charge in [-0.05, 0) is 31.0 Å².